The van der Waals surface area contributed by atoms with E-state index in [9.17, 15) is 31.2 Å². The average molecular weight is 429 g/mol. The Labute approximate surface area is 165 Å². The molecule has 2 aromatic carbocycles. The van der Waals surface area contributed by atoms with Crippen molar-refractivity contribution in [2.75, 3.05) is 24.1 Å². The van der Waals surface area contributed by atoms with Gasteiger partial charge in [0, 0.05) is 24.3 Å². The summed E-state index contributed by atoms with van der Waals surface area (Å²) in [6.07, 6.45) is -3.66. The highest BCUT2D eigenvalue weighted by atomic mass is 32.2. The van der Waals surface area contributed by atoms with Gasteiger partial charge >= 0.3 is 6.18 Å². The molecule has 0 heterocycles. The van der Waals surface area contributed by atoms with Crippen molar-refractivity contribution in [3.8, 4) is 0 Å². The van der Waals surface area contributed by atoms with E-state index in [1.807, 2.05) is 0 Å². The van der Waals surface area contributed by atoms with Crippen LogP contribution in [0.3, 0.4) is 0 Å². The molecule has 156 valence electrons. The second-order valence-corrected chi connectivity index (χ2v) is 7.76. The lowest BCUT2D eigenvalue weighted by atomic mass is 10.1. The van der Waals surface area contributed by atoms with Gasteiger partial charge < -0.3 is 10.6 Å². The molecule has 7 nitrogen and oxygen atoms in total. The van der Waals surface area contributed by atoms with Crippen LogP contribution in [-0.4, -0.2) is 39.6 Å². The molecule has 0 aliphatic rings. The molecule has 0 aromatic heterocycles. The molecule has 0 aliphatic heterocycles. The Morgan fingerprint density at radius 2 is 1.45 bits per heavy atom. The van der Waals surface area contributed by atoms with Gasteiger partial charge in [-0.3, -0.25) is 14.3 Å². The van der Waals surface area contributed by atoms with Gasteiger partial charge in [0.1, 0.15) is 0 Å². The monoisotopic (exact) mass is 429 g/mol. The molecule has 2 rings (SSSR count). The molecule has 0 saturated heterocycles. The lowest BCUT2D eigenvalue weighted by Crippen LogP contribution is -2.35. The predicted octanol–water partition coefficient (Wildman–Crippen LogP) is 2.24. The van der Waals surface area contributed by atoms with E-state index in [2.05, 4.69) is 15.4 Å². The average Bonchev–Trinajstić information content (AvgIpc) is 2.63. The van der Waals surface area contributed by atoms with Crippen LogP contribution in [0.15, 0.2) is 48.5 Å². The first kappa shape index (κ1) is 22.2. The van der Waals surface area contributed by atoms with Crippen LogP contribution >= 0.6 is 0 Å². The maximum atomic E-state index is 12.9. The summed E-state index contributed by atoms with van der Waals surface area (Å²) in [6, 6.07) is 10.0. The second kappa shape index (κ2) is 8.95. The molecule has 3 N–H and O–H groups in total. The Morgan fingerprint density at radius 3 is 2.00 bits per heavy atom. The van der Waals surface area contributed by atoms with Crippen molar-refractivity contribution in [2.45, 2.75) is 6.18 Å². The van der Waals surface area contributed by atoms with Crippen molar-refractivity contribution in [3.63, 3.8) is 0 Å². The van der Waals surface area contributed by atoms with Crippen LogP contribution in [0.1, 0.15) is 26.3 Å². The zero-order valence-electron chi connectivity index (χ0n) is 15.2. The number of alkyl halides is 3. The molecule has 0 radical (unpaired) electrons. The summed E-state index contributed by atoms with van der Waals surface area (Å²) in [7, 11) is -3.43. The number of anilines is 1. The third-order valence-electron chi connectivity index (χ3n) is 3.62. The summed E-state index contributed by atoms with van der Waals surface area (Å²) in [4.78, 5) is 24.0. The van der Waals surface area contributed by atoms with Crippen molar-refractivity contribution in [3.05, 3.63) is 65.2 Å². The predicted molar refractivity (Wildman–Crippen MR) is 101 cm³/mol. The van der Waals surface area contributed by atoms with Crippen LogP contribution < -0.4 is 15.4 Å². The number of hydrogen-bond acceptors (Lipinski definition) is 4. The van der Waals surface area contributed by atoms with Crippen LogP contribution in [-0.2, 0) is 16.2 Å². The van der Waals surface area contributed by atoms with Gasteiger partial charge in [-0.05, 0) is 36.4 Å². The Bertz CT molecular complexity index is 990. The van der Waals surface area contributed by atoms with Crippen LogP contribution in [0.2, 0.25) is 0 Å². The molecule has 29 heavy (non-hydrogen) atoms. The number of amides is 2. The van der Waals surface area contributed by atoms with Gasteiger partial charge in [0.05, 0.1) is 17.4 Å². The summed E-state index contributed by atoms with van der Waals surface area (Å²) >= 11 is 0. The van der Waals surface area contributed by atoms with Crippen LogP contribution in [0.4, 0.5) is 18.9 Å². The molecule has 2 aromatic rings. The van der Waals surface area contributed by atoms with Gasteiger partial charge in [-0.2, -0.15) is 13.2 Å². The first-order valence-electron chi connectivity index (χ1n) is 8.28. The highest BCUT2D eigenvalue weighted by Gasteiger charge is 2.34. The summed E-state index contributed by atoms with van der Waals surface area (Å²) < 4.78 is 63.3. The van der Waals surface area contributed by atoms with Gasteiger partial charge in [0.15, 0.2) is 0 Å². The van der Waals surface area contributed by atoms with Gasteiger partial charge in [-0.15, -0.1) is 0 Å². The second-order valence-electron chi connectivity index (χ2n) is 6.01. The summed E-state index contributed by atoms with van der Waals surface area (Å²) in [5, 5.41) is 4.83. The third-order valence-corrected chi connectivity index (χ3v) is 4.23. The fourth-order valence-electron chi connectivity index (χ4n) is 2.38. The highest BCUT2D eigenvalue weighted by molar-refractivity contribution is 7.92. The maximum Gasteiger partial charge on any atom is 0.417 e. The van der Waals surface area contributed by atoms with E-state index < -0.39 is 39.1 Å². The zero-order chi connectivity index (χ0) is 21.7. The lowest BCUT2D eigenvalue weighted by Gasteiger charge is -2.13. The minimum absolute atomic E-state index is 0.0118. The summed E-state index contributed by atoms with van der Waals surface area (Å²) in [5.74, 6) is -1.38. The van der Waals surface area contributed by atoms with Crippen molar-refractivity contribution in [2.24, 2.45) is 0 Å². The topological polar surface area (TPSA) is 104 Å². The van der Waals surface area contributed by atoms with E-state index in [1.165, 1.54) is 36.4 Å². The lowest BCUT2D eigenvalue weighted by molar-refractivity contribution is -0.137. The van der Waals surface area contributed by atoms with Crippen LogP contribution in [0.25, 0.3) is 0 Å². The first-order chi connectivity index (χ1) is 13.5. The quantitative estimate of drug-likeness (QED) is 0.587. The molecule has 0 atom stereocenters. The minimum atomic E-state index is -4.65. The Hall–Kier alpha value is -3.08. The third kappa shape index (κ3) is 6.79. The van der Waals surface area contributed by atoms with Crippen molar-refractivity contribution < 1.29 is 31.2 Å². The standard InChI is InChI=1S/C18H18F3N3O4S/c1-29(27,28)24-13-8-6-12(7-9-13)16(25)22-10-11-23-17(26)14-4-2-3-5-15(14)18(19,20)21/h2-9,24H,10-11H2,1H3,(H,22,25)(H,23,26). The summed E-state index contributed by atoms with van der Waals surface area (Å²) in [6.45, 7) is -0.0907. The van der Waals surface area contributed by atoms with Gasteiger partial charge in [0.2, 0.25) is 10.0 Å². The number of benzene rings is 2. The molecule has 0 fully saturated rings. The van der Waals surface area contributed by atoms with E-state index in [-0.39, 0.29) is 18.7 Å². The van der Waals surface area contributed by atoms with Gasteiger partial charge in [-0.25, -0.2) is 8.42 Å². The Morgan fingerprint density at radius 1 is 0.897 bits per heavy atom. The van der Waals surface area contributed by atoms with E-state index in [0.29, 0.717) is 5.69 Å². The molecule has 0 bridgehead atoms. The zero-order valence-corrected chi connectivity index (χ0v) is 16.0. The molecule has 0 saturated carbocycles. The molecule has 0 unspecified atom stereocenters. The molecular weight excluding hydrogens is 411 g/mol. The smallest absolute Gasteiger partial charge is 0.350 e. The first-order valence-corrected chi connectivity index (χ1v) is 10.2. The molecule has 11 heteroatoms. The van der Waals surface area contributed by atoms with Crippen molar-refractivity contribution in [1.29, 1.82) is 0 Å². The number of carbonyl (C=O) groups excluding carboxylic acids is 2. The number of halogens is 3. The fourth-order valence-corrected chi connectivity index (χ4v) is 2.95. The number of nitrogens with one attached hydrogen (secondary N) is 3. The van der Waals surface area contributed by atoms with Gasteiger partial charge in [-0.1, -0.05) is 12.1 Å². The number of rotatable bonds is 7. The molecular formula is C18H18F3N3O4S. The Kier molecular flexibility index (Phi) is 6.85. The van der Waals surface area contributed by atoms with Crippen molar-refractivity contribution >= 4 is 27.5 Å². The van der Waals surface area contributed by atoms with Crippen LogP contribution in [0.5, 0.6) is 0 Å². The normalized spacial score (nSPS) is 11.6. The van der Waals surface area contributed by atoms with E-state index in [4.69, 9.17) is 0 Å². The maximum absolute atomic E-state index is 12.9. The summed E-state index contributed by atoms with van der Waals surface area (Å²) in [5.41, 5.74) is -0.998. The Balaban J connectivity index is 1.86. The molecule has 0 aliphatic carbocycles. The van der Waals surface area contributed by atoms with Crippen molar-refractivity contribution in [1.82, 2.24) is 10.6 Å². The van der Waals surface area contributed by atoms with E-state index >= 15 is 0 Å². The highest BCUT2D eigenvalue weighted by Crippen LogP contribution is 2.31. The molecule has 2 amide bonds. The van der Waals surface area contributed by atoms with E-state index in [0.717, 1.165) is 18.4 Å². The minimum Gasteiger partial charge on any atom is -0.350 e. The van der Waals surface area contributed by atoms with Gasteiger partial charge in [0.25, 0.3) is 11.8 Å². The number of sulfonamides is 1. The SMILES string of the molecule is CS(=O)(=O)Nc1ccc(C(=O)NCCNC(=O)c2ccccc2C(F)(F)F)cc1. The molecule has 0 spiro atoms. The number of carbonyl (C=O) groups is 2. The van der Waals surface area contributed by atoms with Crippen LogP contribution in [0, 0.1) is 0 Å². The largest absolute Gasteiger partial charge is 0.417 e. The fraction of sp³-hybridized carbons (Fsp3) is 0.222. The number of hydrogen-bond donors (Lipinski definition) is 3. The van der Waals surface area contributed by atoms with E-state index in [1.54, 1.807) is 0 Å².